The molecule has 2 aromatic heterocycles. The van der Waals surface area contributed by atoms with Gasteiger partial charge in [0.05, 0.1) is 11.6 Å². The van der Waals surface area contributed by atoms with Gasteiger partial charge in [0, 0.05) is 17.0 Å². The SMILES string of the molecule is O=C(NCC1NCCc2c1sc(Nn1c(=O)c1=O)c2C(=O)O)c1ccc(Cc2ccccc2)cc1. The Balaban J connectivity index is 1.27. The summed E-state index contributed by atoms with van der Waals surface area (Å²) in [4.78, 5) is 48.1. The number of amides is 1. The number of rotatable bonds is 8. The molecule has 0 fully saturated rings. The zero-order valence-electron chi connectivity index (χ0n) is 18.5. The average molecular weight is 491 g/mol. The summed E-state index contributed by atoms with van der Waals surface area (Å²) in [5.41, 5.74) is 4.75. The van der Waals surface area contributed by atoms with E-state index in [-0.39, 0.29) is 29.1 Å². The molecule has 5 rings (SSSR count). The van der Waals surface area contributed by atoms with Crippen LogP contribution in [-0.2, 0) is 12.8 Å². The summed E-state index contributed by atoms with van der Waals surface area (Å²) in [6, 6.07) is 17.3. The van der Waals surface area contributed by atoms with Crippen LogP contribution in [0, 0.1) is 0 Å². The summed E-state index contributed by atoms with van der Waals surface area (Å²) >= 11 is 1.17. The van der Waals surface area contributed by atoms with Crippen molar-refractivity contribution in [1.82, 2.24) is 15.3 Å². The van der Waals surface area contributed by atoms with Crippen LogP contribution in [0.25, 0.3) is 0 Å². The number of benzene rings is 2. The van der Waals surface area contributed by atoms with Gasteiger partial charge in [-0.05, 0) is 48.2 Å². The minimum atomic E-state index is -1.13. The van der Waals surface area contributed by atoms with E-state index in [1.54, 1.807) is 12.1 Å². The first-order valence-corrected chi connectivity index (χ1v) is 11.9. The molecule has 2 aromatic carbocycles. The van der Waals surface area contributed by atoms with E-state index in [0.29, 0.717) is 24.1 Å². The summed E-state index contributed by atoms with van der Waals surface area (Å²) in [6.07, 6.45) is 1.27. The van der Waals surface area contributed by atoms with Gasteiger partial charge in [0.1, 0.15) is 5.00 Å². The monoisotopic (exact) mass is 490 g/mol. The van der Waals surface area contributed by atoms with Gasteiger partial charge in [0.25, 0.3) is 5.91 Å². The van der Waals surface area contributed by atoms with Gasteiger partial charge in [-0.1, -0.05) is 42.5 Å². The third-order valence-corrected chi connectivity index (χ3v) is 7.27. The van der Waals surface area contributed by atoms with E-state index >= 15 is 0 Å². The molecule has 35 heavy (non-hydrogen) atoms. The number of carboxylic acids is 1. The fourth-order valence-electron chi connectivity index (χ4n) is 4.19. The number of carboxylic acid groups (broad SMARTS) is 1. The molecule has 10 heteroatoms. The maximum atomic E-state index is 12.8. The van der Waals surface area contributed by atoms with Gasteiger partial charge in [0.2, 0.25) is 0 Å². The maximum absolute atomic E-state index is 12.8. The van der Waals surface area contributed by atoms with Crippen LogP contribution < -0.4 is 27.2 Å². The fraction of sp³-hybridized carbons (Fsp3) is 0.200. The first-order chi connectivity index (χ1) is 16.9. The number of hydrogen-bond donors (Lipinski definition) is 4. The van der Waals surface area contributed by atoms with Crippen molar-refractivity contribution in [3.63, 3.8) is 0 Å². The maximum Gasteiger partial charge on any atom is 0.340 e. The molecule has 1 amide bonds. The van der Waals surface area contributed by atoms with Crippen molar-refractivity contribution < 1.29 is 14.7 Å². The number of fused-ring (bicyclic) bond motifs is 1. The largest absolute Gasteiger partial charge is 0.478 e. The van der Waals surface area contributed by atoms with Gasteiger partial charge in [-0.15, -0.1) is 11.3 Å². The molecule has 9 nitrogen and oxygen atoms in total. The van der Waals surface area contributed by atoms with Crippen molar-refractivity contribution in [1.29, 1.82) is 0 Å². The number of hydrogen-bond acceptors (Lipinski definition) is 7. The first-order valence-electron chi connectivity index (χ1n) is 11.1. The highest BCUT2D eigenvalue weighted by Crippen LogP contribution is 2.39. The second-order valence-electron chi connectivity index (χ2n) is 8.34. The molecule has 1 aliphatic heterocycles. The molecule has 3 heterocycles. The van der Waals surface area contributed by atoms with E-state index in [9.17, 15) is 24.3 Å². The zero-order valence-corrected chi connectivity index (χ0v) is 19.4. The molecular formula is C25H22N4O5S. The van der Waals surface area contributed by atoms with Crippen molar-refractivity contribution in [2.45, 2.75) is 18.9 Å². The lowest BCUT2D eigenvalue weighted by molar-refractivity contribution is 0.0696. The number of nitrogens with zero attached hydrogens (tertiary/aromatic N) is 1. The summed E-state index contributed by atoms with van der Waals surface area (Å²) < 4.78 is 0.787. The number of carbonyl (C=O) groups excluding carboxylic acids is 1. The number of nitrogens with one attached hydrogen (secondary N) is 3. The third kappa shape index (κ3) is 4.66. The second-order valence-corrected chi connectivity index (χ2v) is 9.39. The van der Waals surface area contributed by atoms with Crippen LogP contribution in [0.1, 0.15) is 48.3 Å². The molecule has 0 aliphatic carbocycles. The summed E-state index contributed by atoms with van der Waals surface area (Å²) in [7, 11) is 0. The van der Waals surface area contributed by atoms with Crippen LogP contribution in [-0.4, -0.2) is 34.7 Å². The van der Waals surface area contributed by atoms with Crippen LogP contribution in [0.5, 0.6) is 0 Å². The van der Waals surface area contributed by atoms with Crippen molar-refractivity contribution in [2.24, 2.45) is 0 Å². The smallest absolute Gasteiger partial charge is 0.340 e. The minimum absolute atomic E-state index is 0.0596. The molecule has 0 radical (unpaired) electrons. The topological polar surface area (TPSA) is 130 Å². The summed E-state index contributed by atoms with van der Waals surface area (Å²) in [6.45, 7) is 0.804. The molecule has 0 bridgehead atoms. The van der Waals surface area contributed by atoms with Crippen molar-refractivity contribution >= 4 is 28.2 Å². The van der Waals surface area contributed by atoms with E-state index in [2.05, 4.69) is 28.2 Å². The summed E-state index contributed by atoms with van der Waals surface area (Å²) in [5, 5.41) is 16.2. The Kier molecular flexibility index (Phi) is 6.06. The summed E-state index contributed by atoms with van der Waals surface area (Å²) in [5.74, 6) is -1.36. The van der Waals surface area contributed by atoms with Crippen molar-refractivity contribution in [2.75, 3.05) is 18.5 Å². The van der Waals surface area contributed by atoms with Gasteiger partial charge < -0.3 is 15.7 Å². The normalized spacial score (nSPS) is 15.0. The number of carbonyl (C=O) groups is 2. The van der Waals surface area contributed by atoms with Crippen LogP contribution in [0.3, 0.4) is 0 Å². The highest BCUT2D eigenvalue weighted by molar-refractivity contribution is 7.16. The average Bonchev–Trinajstić information content (AvgIpc) is 3.25. The Morgan fingerprint density at radius 3 is 2.37 bits per heavy atom. The molecule has 4 aromatic rings. The van der Waals surface area contributed by atoms with Crippen LogP contribution in [0.15, 0.2) is 64.2 Å². The van der Waals surface area contributed by atoms with Gasteiger partial charge in [0.15, 0.2) is 0 Å². The highest BCUT2D eigenvalue weighted by atomic mass is 32.1. The lowest BCUT2D eigenvalue weighted by atomic mass is 9.99. The predicted molar refractivity (Wildman–Crippen MR) is 132 cm³/mol. The zero-order chi connectivity index (χ0) is 24.5. The van der Waals surface area contributed by atoms with E-state index in [1.165, 1.54) is 16.9 Å². The van der Waals surface area contributed by atoms with Crippen molar-refractivity contribution in [3.8, 4) is 0 Å². The van der Waals surface area contributed by atoms with E-state index in [4.69, 9.17) is 0 Å². The molecule has 178 valence electrons. The van der Waals surface area contributed by atoms with Crippen LogP contribution >= 0.6 is 11.3 Å². The molecule has 4 N–H and O–H groups in total. The Labute approximate surface area is 203 Å². The number of thiophene rings is 1. The van der Waals surface area contributed by atoms with E-state index in [0.717, 1.165) is 21.5 Å². The lowest BCUT2D eigenvalue weighted by Gasteiger charge is -2.24. The van der Waals surface area contributed by atoms with Crippen LogP contribution in [0.2, 0.25) is 0 Å². The molecule has 0 saturated heterocycles. The fourth-order valence-corrected chi connectivity index (χ4v) is 5.49. The Morgan fingerprint density at radius 1 is 1.03 bits per heavy atom. The number of aromatic nitrogens is 1. The standard InChI is InChI=1S/C25H22N4O5S/c30-21(16-8-6-15(7-9-16)12-14-4-2-1-3-5-14)27-13-18-20-17(10-11-26-18)19(25(33)34)22(35-20)28-29-23(31)24(29)32/h1-9,18,26,28H,10-13H2,(H,27,30)(H,33,34). The van der Waals surface area contributed by atoms with E-state index in [1.807, 2.05) is 30.3 Å². The molecular weight excluding hydrogens is 468 g/mol. The molecule has 1 unspecified atom stereocenters. The second kappa shape index (κ2) is 9.32. The van der Waals surface area contributed by atoms with Crippen LogP contribution in [0.4, 0.5) is 5.00 Å². The molecule has 0 spiro atoms. The molecule has 1 aliphatic rings. The first kappa shape index (κ1) is 22.8. The number of aromatic carboxylic acids is 1. The van der Waals surface area contributed by atoms with Gasteiger partial charge in [-0.25, -0.2) is 4.79 Å². The Morgan fingerprint density at radius 2 is 1.71 bits per heavy atom. The highest BCUT2D eigenvalue weighted by Gasteiger charge is 2.32. The Bertz CT molecular complexity index is 1440. The van der Waals surface area contributed by atoms with Gasteiger partial charge in [-0.2, -0.15) is 4.68 Å². The van der Waals surface area contributed by atoms with Gasteiger partial charge >= 0.3 is 17.1 Å². The third-order valence-electron chi connectivity index (χ3n) is 6.02. The quantitative estimate of drug-likeness (QED) is 0.278. The minimum Gasteiger partial charge on any atom is -0.478 e. The number of anilines is 1. The lowest BCUT2D eigenvalue weighted by Crippen LogP contribution is -2.38. The predicted octanol–water partition coefficient (Wildman–Crippen LogP) is 1.93. The molecule has 1 atom stereocenters. The molecule has 0 saturated carbocycles. The van der Waals surface area contributed by atoms with Crippen molar-refractivity contribution in [3.05, 3.63) is 108 Å². The van der Waals surface area contributed by atoms with Gasteiger partial charge in [-0.3, -0.25) is 19.8 Å². The Hall–Kier alpha value is -4.02. The van der Waals surface area contributed by atoms with E-state index < -0.39 is 17.1 Å².